The fraction of sp³-hybridized carbons (Fsp3) is 1.00. The maximum absolute atomic E-state index is 10.4. The average molecular weight is 335 g/mol. The second-order valence-corrected chi connectivity index (χ2v) is 10.4. The van der Waals surface area contributed by atoms with Crippen molar-refractivity contribution in [3.05, 3.63) is 0 Å². The first-order valence-electron chi connectivity index (χ1n) is 10.5. The highest BCUT2D eigenvalue weighted by Crippen LogP contribution is 2.68. The van der Waals surface area contributed by atoms with E-state index in [-0.39, 0.29) is 6.10 Å². The zero-order valence-corrected chi connectivity index (χ0v) is 16.4. The van der Waals surface area contributed by atoms with Crippen LogP contribution in [0.25, 0.3) is 0 Å². The van der Waals surface area contributed by atoms with Gasteiger partial charge in [-0.1, -0.05) is 27.7 Å². The van der Waals surface area contributed by atoms with Gasteiger partial charge in [0, 0.05) is 7.11 Å². The zero-order valence-electron chi connectivity index (χ0n) is 16.4. The quantitative estimate of drug-likeness (QED) is 0.739. The molecule has 4 fully saturated rings. The van der Waals surface area contributed by atoms with Crippen molar-refractivity contribution in [2.24, 2.45) is 46.3 Å². The van der Waals surface area contributed by atoms with E-state index in [0.717, 1.165) is 24.2 Å². The number of aliphatic hydroxyl groups is 1. The molecule has 0 spiro atoms. The van der Waals surface area contributed by atoms with Crippen LogP contribution in [-0.4, -0.2) is 24.4 Å². The Morgan fingerprint density at radius 2 is 1.62 bits per heavy atom. The number of ether oxygens (including phenoxy) is 1. The lowest BCUT2D eigenvalue weighted by molar-refractivity contribution is -0.196. The molecule has 4 aliphatic rings. The molecule has 0 saturated heterocycles. The van der Waals surface area contributed by atoms with Gasteiger partial charge in [0.25, 0.3) is 0 Å². The van der Waals surface area contributed by atoms with Gasteiger partial charge in [-0.05, 0) is 91.3 Å². The number of fused-ring (bicyclic) bond motifs is 5. The summed E-state index contributed by atoms with van der Waals surface area (Å²) in [6.45, 7) is 9.92. The molecule has 1 N–H and O–H groups in total. The molecule has 138 valence electrons. The molecule has 2 nitrogen and oxygen atoms in total. The minimum absolute atomic E-state index is 0.0824. The minimum atomic E-state index is -0.0824. The summed E-state index contributed by atoms with van der Waals surface area (Å²) in [6.07, 6.45) is 9.34. The second-order valence-electron chi connectivity index (χ2n) is 10.4. The molecule has 4 aliphatic carbocycles. The maximum atomic E-state index is 10.4. The van der Waals surface area contributed by atoms with Crippen LogP contribution in [0.15, 0.2) is 0 Å². The fourth-order valence-electron chi connectivity index (χ4n) is 8.28. The Hall–Kier alpha value is -0.0800. The largest absolute Gasteiger partial charge is 0.393 e. The van der Waals surface area contributed by atoms with E-state index in [1.807, 2.05) is 7.11 Å². The van der Waals surface area contributed by atoms with Crippen molar-refractivity contribution in [1.82, 2.24) is 0 Å². The monoisotopic (exact) mass is 334 g/mol. The normalized spacial score (nSPS) is 60.2. The summed E-state index contributed by atoms with van der Waals surface area (Å²) in [5, 5.41) is 10.4. The summed E-state index contributed by atoms with van der Waals surface area (Å²) in [5.41, 5.74) is 0.861. The molecule has 0 aromatic rings. The minimum Gasteiger partial charge on any atom is -0.393 e. The lowest BCUT2D eigenvalue weighted by Gasteiger charge is -2.64. The Balaban J connectivity index is 1.71. The Bertz CT molecular complexity index is 490. The van der Waals surface area contributed by atoms with E-state index >= 15 is 0 Å². The van der Waals surface area contributed by atoms with Gasteiger partial charge >= 0.3 is 0 Å². The summed E-state index contributed by atoms with van der Waals surface area (Å²) in [7, 11) is 1.96. The van der Waals surface area contributed by atoms with E-state index in [9.17, 15) is 5.11 Å². The summed E-state index contributed by atoms with van der Waals surface area (Å²) in [6, 6.07) is 0. The van der Waals surface area contributed by atoms with Gasteiger partial charge in [-0.2, -0.15) is 0 Å². The first-order chi connectivity index (χ1) is 11.3. The molecule has 0 bridgehead atoms. The first kappa shape index (κ1) is 17.3. The van der Waals surface area contributed by atoms with Crippen LogP contribution in [0.1, 0.15) is 72.6 Å². The van der Waals surface area contributed by atoms with Crippen molar-refractivity contribution >= 4 is 0 Å². The molecule has 0 amide bonds. The smallest absolute Gasteiger partial charge is 0.0612 e. The molecule has 0 radical (unpaired) electrons. The first-order valence-corrected chi connectivity index (χ1v) is 10.5. The van der Waals surface area contributed by atoms with E-state index in [0.29, 0.717) is 34.7 Å². The Labute approximate surface area is 148 Å². The van der Waals surface area contributed by atoms with Crippen molar-refractivity contribution in [2.45, 2.75) is 84.8 Å². The summed E-state index contributed by atoms with van der Waals surface area (Å²) in [5.74, 6) is 4.45. The van der Waals surface area contributed by atoms with Gasteiger partial charge in [0.2, 0.25) is 0 Å². The van der Waals surface area contributed by atoms with Gasteiger partial charge in [-0.25, -0.2) is 0 Å². The molecule has 24 heavy (non-hydrogen) atoms. The number of hydrogen-bond donors (Lipinski definition) is 1. The van der Waals surface area contributed by atoms with E-state index < -0.39 is 0 Å². The molecular formula is C22H38O2. The molecule has 10 atom stereocenters. The number of hydrogen-bond acceptors (Lipinski definition) is 2. The number of methoxy groups -OCH3 is 1. The third-order valence-corrected chi connectivity index (χ3v) is 9.85. The maximum Gasteiger partial charge on any atom is 0.0612 e. The molecule has 4 saturated carbocycles. The van der Waals surface area contributed by atoms with Crippen LogP contribution >= 0.6 is 0 Å². The van der Waals surface area contributed by atoms with Crippen LogP contribution < -0.4 is 0 Å². The van der Waals surface area contributed by atoms with Crippen molar-refractivity contribution < 1.29 is 9.84 Å². The molecule has 2 heteroatoms. The molecule has 4 rings (SSSR count). The highest BCUT2D eigenvalue weighted by molar-refractivity contribution is 5.12. The van der Waals surface area contributed by atoms with Gasteiger partial charge in [0.1, 0.15) is 0 Å². The van der Waals surface area contributed by atoms with Gasteiger partial charge in [-0.3, -0.25) is 0 Å². The van der Waals surface area contributed by atoms with Crippen molar-refractivity contribution in [1.29, 1.82) is 0 Å². The highest BCUT2D eigenvalue weighted by Gasteiger charge is 2.63. The van der Waals surface area contributed by atoms with Crippen LogP contribution in [-0.2, 0) is 4.74 Å². The zero-order chi connectivity index (χ0) is 17.3. The van der Waals surface area contributed by atoms with Crippen LogP contribution in [0.4, 0.5) is 0 Å². The van der Waals surface area contributed by atoms with E-state index in [1.165, 1.54) is 38.5 Å². The number of rotatable bonds is 1. The highest BCUT2D eigenvalue weighted by atomic mass is 16.5. The lowest BCUT2D eigenvalue weighted by Crippen LogP contribution is -2.60. The molecule has 0 heterocycles. The van der Waals surface area contributed by atoms with Gasteiger partial charge in [0.05, 0.1) is 12.2 Å². The van der Waals surface area contributed by atoms with Gasteiger partial charge in [-0.15, -0.1) is 0 Å². The Morgan fingerprint density at radius 3 is 2.33 bits per heavy atom. The summed E-state index contributed by atoms with van der Waals surface area (Å²) < 4.78 is 6.20. The van der Waals surface area contributed by atoms with E-state index in [4.69, 9.17) is 4.74 Å². The average Bonchev–Trinajstić information content (AvgIpc) is 2.86. The van der Waals surface area contributed by atoms with E-state index in [2.05, 4.69) is 27.7 Å². The third kappa shape index (κ3) is 2.14. The Morgan fingerprint density at radius 1 is 0.917 bits per heavy atom. The standard InChI is InChI=1S/C22H38O2/c1-13-6-8-17-15-7-9-16-14(2)18(23)10-11-21(16,3)20(15)19(24-5)12-22(13,17)4/h13-20,23H,6-12H2,1-5H3/t13-,14+,15-,16-,17-,18+,19-,20+,21-,22+/m0/s1. The SMILES string of the molecule is CO[C@H]1C[C@]2(C)[C@@H](C)CC[C@H]2[C@@H]2CC[C@H]3[C@@H](C)[C@H](O)CC[C@]3(C)[C@H]21. The van der Waals surface area contributed by atoms with Crippen LogP contribution in [0.2, 0.25) is 0 Å². The van der Waals surface area contributed by atoms with Crippen molar-refractivity contribution in [3.8, 4) is 0 Å². The third-order valence-electron chi connectivity index (χ3n) is 9.85. The molecule has 0 aromatic carbocycles. The molecule has 0 unspecified atom stereocenters. The molecule has 0 aliphatic heterocycles. The van der Waals surface area contributed by atoms with Crippen LogP contribution in [0.3, 0.4) is 0 Å². The second kappa shape index (κ2) is 5.71. The van der Waals surface area contributed by atoms with Crippen molar-refractivity contribution in [2.75, 3.05) is 7.11 Å². The summed E-state index contributed by atoms with van der Waals surface area (Å²) in [4.78, 5) is 0. The van der Waals surface area contributed by atoms with Gasteiger partial charge in [0.15, 0.2) is 0 Å². The molecular weight excluding hydrogens is 296 g/mol. The van der Waals surface area contributed by atoms with E-state index in [1.54, 1.807) is 0 Å². The summed E-state index contributed by atoms with van der Waals surface area (Å²) >= 11 is 0. The van der Waals surface area contributed by atoms with Crippen LogP contribution in [0, 0.1) is 46.3 Å². The topological polar surface area (TPSA) is 29.5 Å². The molecule has 0 aromatic heterocycles. The fourth-order valence-corrected chi connectivity index (χ4v) is 8.28. The van der Waals surface area contributed by atoms with Crippen molar-refractivity contribution in [3.63, 3.8) is 0 Å². The predicted octanol–water partition coefficient (Wildman–Crippen LogP) is 4.90. The predicted molar refractivity (Wildman–Crippen MR) is 97.6 cm³/mol. The Kier molecular flexibility index (Phi) is 4.12. The van der Waals surface area contributed by atoms with Gasteiger partial charge < -0.3 is 9.84 Å². The number of aliphatic hydroxyl groups excluding tert-OH is 1. The lowest BCUT2D eigenvalue weighted by atomic mass is 9.42. The van der Waals surface area contributed by atoms with Crippen LogP contribution in [0.5, 0.6) is 0 Å².